The van der Waals surface area contributed by atoms with Gasteiger partial charge in [-0.25, -0.2) is 4.98 Å². The van der Waals surface area contributed by atoms with Crippen LogP contribution in [0.15, 0.2) is 24.4 Å². The lowest BCUT2D eigenvalue weighted by Gasteiger charge is -2.38. The molecule has 0 aliphatic carbocycles. The standard InChI is InChI=1S/C15H21N3O2/c1-12(19)17-8-9-20-14-11-18(7-5-13(14)10-17)15-4-2-3-6-16-15/h2-4,6,13-14H,5,7-11H2,1H3/t13-,14-/m0/s1. The summed E-state index contributed by atoms with van der Waals surface area (Å²) in [7, 11) is 0. The monoisotopic (exact) mass is 275 g/mol. The van der Waals surface area contributed by atoms with E-state index in [9.17, 15) is 4.79 Å². The molecule has 5 nitrogen and oxygen atoms in total. The molecular formula is C15H21N3O2. The van der Waals surface area contributed by atoms with Crippen molar-refractivity contribution in [3.8, 4) is 0 Å². The van der Waals surface area contributed by atoms with Crippen LogP contribution in [0.1, 0.15) is 13.3 Å². The predicted octanol–water partition coefficient (Wildman–Crippen LogP) is 1.16. The van der Waals surface area contributed by atoms with E-state index in [-0.39, 0.29) is 12.0 Å². The molecule has 20 heavy (non-hydrogen) atoms. The van der Waals surface area contributed by atoms with Crippen LogP contribution < -0.4 is 4.90 Å². The number of aromatic nitrogens is 1. The quantitative estimate of drug-likeness (QED) is 0.771. The van der Waals surface area contributed by atoms with Crippen molar-refractivity contribution in [3.63, 3.8) is 0 Å². The number of nitrogens with zero attached hydrogens (tertiary/aromatic N) is 3. The number of carbonyl (C=O) groups excluding carboxylic acids is 1. The maximum absolute atomic E-state index is 11.6. The normalized spacial score (nSPS) is 26.9. The molecular weight excluding hydrogens is 254 g/mol. The highest BCUT2D eigenvalue weighted by Crippen LogP contribution is 2.26. The first kappa shape index (κ1) is 13.4. The average Bonchev–Trinajstić information content (AvgIpc) is 2.69. The molecule has 3 rings (SSSR count). The maximum Gasteiger partial charge on any atom is 0.219 e. The Bertz CT molecular complexity index is 465. The van der Waals surface area contributed by atoms with Crippen LogP contribution >= 0.6 is 0 Å². The van der Waals surface area contributed by atoms with Crippen LogP contribution in [0.2, 0.25) is 0 Å². The van der Waals surface area contributed by atoms with E-state index in [2.05, 4.69) is 9.88 Å². The molecule has 2 atom stereocenters. The van der Waals surface area contributed by atoms with Crippen molar-refractivity contribution in [2.75, 3.05) is 37.7 Å². The summed E-state index contributed by atoms with van der Waals surface area (Å²) in [6.07, 6.45) is 3.08. The minimum atomic E-state index is 0.154. The molecule has 0 radical (unpaired) electrons. The molecule has 2 aliphatic heterocycles. The molecule has 3 heterocycles. The minimum absolute atomic E-state index is 0.154. The second-order valence-electron chi connectivity index (χ2n) is 5.56. The van der Waals surface area contributed by atoms with Crippen LogP contribution in [0.5, 0.6) is 0 Å². The van der Waals surface area contributed by atoms with Gasteiger partial charge in [0.1, 0.15) is 5.82 Å². The third-order valence-electron chi connectivity index (χ3n) is 4.26. The Morgan fingerprint density at radius 2 is 2.25 bits per heavy atom. The zero-order valence-electron chi connectivity index (χ0n) is 11.9. The van der Waals surface area contributed by atoms with Gasteiger partial charge in [-0.05, 0) is 18.6 Å². The van der Waals surface area contributed by atoms with Gasteiger partial charge in [-0.2, -0.15) is 0 Å². The fourth-order valence-electron chi connectivity index (χ4n) is 3.09. The first-order chi connectivity index (χ1) is 9.74. The smallest absolute Gasteiger partial charge is 0.219 e. The number of ether oxygens (including phenoxy) is 1. The Morgan fingerprint density at radius 3 is 3.00 bits per heavy atom. The van der Waals surface area contributed by atoms with Crippen molar-refractivity contribution in [2.24, 2.45) is 5.92 Å². The number of fused-ring (bicyclic) bond motifs is 1. The molecule has 0 N–H and O–H groups in total. The second kappa shape index (κ2) is 5.79. The first-order valence-electron chi connectivity index (χ1n) is 7.27. The van der Waals surface area contributed by atoms with Gasteiger partial charge in [0.25, 0.3) is 0 Å². The van der Waals surface area contributed by atoms with E-state index in [0.717, 1.165) is 31.9 Å². The summed E-state index contributed by atoms with van der Waals surface area (Å²) < 4.78 is 5.98. The van der Waals surface area contributed by atoms with Crippen molar-refractivity contribution in [1.82, 2.24) is 9.88 Å². The number of carbonyl (C=O) groups is 1. The molecule has 0 saturated carbocycles. The van der Waals surface area contributed by atoms with Gasteiger partial charge in [-0.15, -0.1) is 0 Å². The number of hydrogen-bond donors (Lipinski definition) is 0. The fraction of sp³-hybridized carbons (Fsp3) is 0.600. The largest absolute Gasteiger partial charge is 0.374 e. The van der Waals surface area contributed by atoms with Crippen molar-refractivity contribution < 1.29 is 9.53 Å². The number of pyridine rings is 1. The van der Waals surface area contributed by atoms with Gasteiger partial charge >= 0.3 is 0 Å². The average molecular weight is 275 g/mol. The molecule has 0 aromatic carbocycles. The SMILES string of the molecule is CC(=O)N1CCO[C@H]2CN(c3ccccn3)CC[C@H]2C1. The molecule has 1 aromatic heterocycles. The molecule has 2 fully saturated rings. The lowest BCUT2D eigenvalue weighted by Crippen LogP contribution is -2.47. The first-order valence-corrected chi connectivity index (χ1v) is 7.27. The van der Waals surface area contributed by atoms with Crippen molar-refractivity contribution in [3.05, 3.63) is 24.4 Å². The van der Waals surface area contributed by atoms with Crippen LogP contribution in [-0.4, -0.2) is 54.7 Å². The third kappa shape index (κ3) is 2.77. The van der Waals surface area contributed by atoms with Gasteiger partial charge in [0.2, 0.25) is 5.91 Å². The highest BCUT2D eigenvalue weighted by Gasteiger charge is 2.34. The van der Waals surface area contributed by atoms with Crippen LogP contribution in [0, 0.1) is 5.92 Å². The number of piperidine rings is 1. The van der Waals surface area contributed by atoms with E-state index in [1.54, 1.807) is 6.92 Å². The summed E-state index contributed by atoms with van der Waals surface area (Å²) in [6, 6.07) is 5.99. The van der Waals surface area contributed by atoms with Crippen LogP contribution in [0.3, 0.4) is 0 Å². The predicted molar refractivity (Wildman–Crippen MR) is 76.6 cm³/mol. The van der Waals surface area contributed by atoms with Gasteiger partial charge in [-0.3, -0.25) is 4.79 Å². The van der Waals surface area contributed by atoms with Crippen LogP contribution in [0.4, 0.5) is 5.82 Å². The zero-order chi connectivity index (χ0) is 13.9. The highest BCUT2D eigenvalue weighted by molar-refractivity contribution is 5.73. The Balaban J connectivity index is 1.68. The summed E-state index contributed by atoms with van der Waals surface area (Å²) in [4.78, 5) is 20.2. The van der Waals surface area contributed by atoms with Crippen molar-refractivity contribution in [1.29, 1.82) is 0 Å². The van der Waals surface area contributed by atoms with Crippen molar-refractivity contribution in [2.45, 2.75) is 19.4 Å². The summed E-state index contributed by atoms with van der Waals surface area (Å²) in [5.74, 6) is 1.62. The lowest BCUT2D eigenvalue weighted by molar-refractivity contribution is -0.129. The molecule has 108 valence electrons. The van der Waals surface area contributed by atoms with E-state index in [1.807, 2.05) is 29.3 Å². The Labute approximate surface area is 119 Å². The molecule has 1 aromatic rings. The summed E-state index contributed by atoms with van der Waals surface area (Å²) in [5, 5.41) is 0. The Hall–Kier alpha value is -1.62. The van der Waals surface area contributed by atoms with Gasteiger partial charge in [0.15, 0.2) is 0 Å². The van der Waals surface area contributed by atoms with Crippen molar-refractivity contribution >= 4 is 11.7 Å². The zero-order valence-corrected chi connectivity index (χ0v) is 11.9. The van der Waals surface area contributed by atoms with Crippen LogP contribution in [-0.2, 0) is 9.53 Å². The summed E-state index contributed by atoms with van der Waals surface area (Å²) in [5.41, 5.74) is 0. The molecule has 1 amide bonds. The molecule has 5 heteroatoms. The molecule has 2 aliphatic rings. The number of anilines is 1. The van der Waals surface area contributed by atoms with Gasteiger partial charge in [0.05, 0.1) is 12.7 Å². The fourth-order valence-corrected chi connectivity index (χ4v) is 3.09. The van der Waals surface area contributed by atoms with Gasteiger partial charge in [0, 0.05) is 45.2 Å². The summed E-state index contributed by atoms with van der Waals surface area (Å²) >= 11 is 0. The van der Waals surface area contributed by atoms with E-state index >= 15 is 0 Å². The van der Waals surface area contributed by atoms with E-state index in [1.165, 1.54) is 0 Å². The number of rotatable bonds is 1. The minimum Gasteiger partial charge on any atom is -0.374 e. The van der Waals surface area contributed by atoms with Gasteiger partial charge < -0.3 is 14.5 Å². The lowest BCUT2D eigenvalue weighted by atomic mass is 9.93. The molecule has 0 unspecified atom stereocenters. The highest BCUT2D eigenvalue weighted by atomic mass is 16.5. The Morgan fingerprint density at radius 1 is 1.35 bits per heavy atom. The van der Waals surface area contributed by atoms with E-state index in [4.69, 9.17) is 4.74 Å². The summed E-state index contributed by atoms with van der Waals surface area (Å²) in [6.45, 7) is 5.67. The molecule has 0 bridgehead atoms. The second-order valence-corrected chi connectivity index (χ2v) is 5.56. The van der Waals surface area contributed by atoms with E-state index < -0.39 is 0 Å². The third-order valence-corrected chi connectivity index (χ3v) is 4.26. The number of hydrogen-bond acceptors (Lipinski definition) is 4. The molecule has 0 spiro atoms. The van der Waals surface area contributed by atoms with Crippen LogP contribution in [0.25, 0.3) is 0 Å². The Kier molecular flexibility index (Phi) is 3.87. The number of amides is 1. The van der Waals surface area contributed by atoms with Gasteiger partial charge in [-0.1, -0.05) is 6.07 Å². The molecule has 2 saturated heterocycles. The van der Waals surface area contributed by atoms with E-state index in [0.29, 0.717) is 19.1 Å². The topological polar surface area (TPSA) is 45.7 Å². The maximum atomic E-state index is 11.6.